The van der Waals surface area contributed by atoms with E-state index >= 15 is 0 Å². The Labute approximate surface area is 123 Å². The molecule has 0 radical (unpaired) electrons. The van der Waals surface area contributed by atoms with E-state index < -0.39 is 0 Å². The Morgan fingerprint density at radius 3 is 2.42 bits per heavy atom. The largest absolute Gasteiger partial charge is 0.466 e. The number of carbonyl (C=O) groups excluding carboxylic acids is 1. The number of esters is 1. The monoisotopic (exact) mass is 325 g/mol. The Bertz CT molecular complexity index is 472. The number of carbonyl (C=O) groups is 1. The van der Waals surface area contributed by atoms with Gasteiger partial charge in [0.1, 0.15) is 0 Å². The fourth-order valence-corrected chi connectivity index (χ4v) is 2.07. The first kappa shape index (κ1) is 15.8. The van der Waals surface area contributed by atoms with Crippen LogP contribution in [0, 0.1) is 13.8 Å². The predicted octanol–water partition coefficient (Wildman–Crippen LogP) is 3.99. The lowest BCUT2D eigenvalue weighted by atomic mass is 10.1. The Morgan fingerprint density at radius 1 is 1.37 bits per heavy atom. The quantitative estimate of drug-likeness (QED) is 0.657. The third-order valence-electron chi connectivity index (χ3n) is 2.92. The Kier molecular flexibility index (Phi) is 6.09. The molecule has 0 fully saturated rings. The van der Waals surface area contributed by atoms with Gasteiger partial charge in [0.25, 0.3) is 0 Å². The van der Waals surface area contributed by atoms with Crippen LogP contribution in [0.3, 0.4) is 0 Å². The van der Waals surface area contributed by atoms with E-state index in [-0.39, 0.29) is 5.97 Å². The number of methoxy groups -OCH3 is 1. The van der Waals surface area contributed by atoms with Crippen LogP contribution in [0.25, 0.3) is 0 Å². The molecule has 1 aromatic rings. The summed E-state index contributed by atoms with van der Waals surface area (Å²) < 4.78 is 5.86. The minimum Gasteiger partial charge on any atom is -0.466 e. The van der Waals surface area contributed by atoms with Crippen LogP contribution in [0.15, 0.2) is 28.3 Å². The Hall–Kier alpha value is -1.29. The first-order valence-corrected chi connectivity index (χ1v) is 7.06. The summed E-state index contributed by atoms with van der Waals surface area (Å²) in [6, 6.07) is 4.16. The van der Waals surface area contributed by atoms with Crippen LogP contribution in [0.4, 0.5) is 5.69 Å². The lowest BCUT2D eigenvalue weighted by Gasteiger charge is -2.09. The Balaban J connectivity index is 2.72. The molecule has 104 valence electrons. The van der Waals surface area contributed by atoms with Crippen LogP contribution in [-0.2, 0) is 9.53 Å². The van der Waals surface area contributed by atoms with E-state index in [1.54, 1.807) is 0 Å². The average molecular weight is 326 g/mol. The molecular formula is C15H20BrNO2. The number of aryl methyl sites for hydroxylation is 2. The van der Waals surface area contributed by atoms with Crippen LogP contribution >= 0.6 is 15.9 Å². The maximum atomic E-state index is 11.4. The highest BCUT2D eigenvalue weighted by Gasteiger charge is 2.06. The van der Waals surface area contributed by atoms with Crippen molar-refractivity contribution in [3.05, 3.63) is 39.4 Å². The van der Waals surface area contributed by atoms with E-state index in [4.69, 9.17) is 4.74 Å². The van der Waals surface area contributed by atoms with Gasteiger partial charge in [0.2, 0.25) is 0 Å². The van der Waals surface area contributed by atoms with Crippen molar-refractivity contribution in [1.29, 1.82) is 0 Å². The van der Waals surface area contributed by atoms with Crippen molar-refractivity contribution in [1.82, 2.24) is 0 Å². The summed E-state index contributed by atoms with van der Waals surface area (Å²) in [6.45, 7) is 6.67. The number of benzene rings is 1. The molecule has 0 aromatic heterocycles. The minimum absolute atomic E-state index is 0.257. The number of halogens is 1. The van der Waals surface area contributed by atoms with Gasteiger partial charge in [0.05, 0.1) is 7.11 Å². The maximum Gasteiger partial charge on any atom is 0.333 e. The fourth-order valence-electron chi connectivity index (χ4n) is 1.84. The average Bonchev–Trinajstić information content (AvgIpc) is 2.40. The number of ether oxygens (including phenoxy) is 1. The third kappa shape index (κ3) is 4.39. The van der Waals surface area contributed by atoms with Gasteiger partial charge >= 0.3 is 5.97 Å². The highest BCUT2D eigenvalue weighted by atomic mass is 79.9. The Morgan fingerprint density at radius 2 is 1.95 bits per heavy atom. The van der Waals surface area contributed by atoms with Crippen LogP contribution in [0.5, 0.6) is 0 Å². The summed E-state index contributed by atoms with van der Waals surface area (Å²) in [4.78, 5) is 11.4. The molecule has 0 atom stereocenters. The van der Waals surface area contributed by atoms with E-state index in [2.05, 4.69) is 47.2 Å². The number of nitrogens with one attached hydrogen (secondary N) is 1. The van der Waals surface area contributed by atoms with E-state index in [1.165, 1.54) is 18.2 Å². The second-order valence-electron chi connectivity index (χ2n) is 4.38. The lowest BCUT2D eigenvalue weighted by molar-refractivity contribution is -0.136. The van der Waals surface area contributed by atoms with Gasteiger partial charge in [-0.1, -0.05) is 28.9 Å². The van der Waals surface area contributed by atoms with Gasteiger partial charge in [0.15, 0.2) is 0 Å². The summed E-state index contributed by atoms with van der Waals surface area (Å²) in [5.74, 6) is -0.257. The standard InChI is InChI=1S/C15H20BrNO2/c1-5-12(15(18)19-4)6-7-17-13-8-10(2)14(16)11(3)9-13/h6,8-9,17H,5,7H2,1-4H3/b12-6-. The van der Waals surface area contributed by atoms with E-state index in [0.717, 1.165) is 10.2 Å². The molecule has 19 heavy (non-hydrogen) atoms. The first-order chi connectivity index (χ1) is 8.99. The second-order valence-corrected chi connectivity index (χ2v) is 5.17. The van der Waals surface area contributed by atoms with Crippen LogP contribution in [0.1, 0.15) is 24.5 Å². The van der Waals surface area contributed by atoms with Gasteiger partial charge in [-0.25, -0.2) is 4.79 Å². The molecule has 1 aromatic carbocycles. The molecule has 0 unspecified atom stereocenters. The van der Waals surface area contributed by atoms with Crippen molar-refractivity contribution < 1.29 is 9.53 Å². The van der Waals surface area contributed by atoms with Crippen LogP contribution in [0.2, 0.25) is 0 Å². The predicted molar refractivity (Wildman–Crippen MR) is 82.5 cm³/mol. The third-order valence-corrected chi connectivity index (χ3v) is 4.17. The molecule has 0 spiro atoms. The van der Waals surface area contributed by atoms with Crippen molar-refractivity contribution in [2.75, 3.05) is 19.0 Å². The van der Waals surface area contributed by atoms with E-state index in [9.17, 15) is 4.79 Å². The van der Waals surface area contributed by atoms with E-state index in [1.807, 2.05) is 13.0 Å². The van der Waals surface area contributed by atoms with E-state index in [0.29, 0.717) is 18.5 Å². The van der Waals surface area contributed by atoms with Crippen molar-refractivity contribution >= 4 is 27.6 Å². The number of hydrogen-bond donors (Lipinski definition) is 1. The molecule has 0 aliphatic carbocycles. The van der Waals surface area contributed by atoms with Crippen molar-refractivity contribution in [3.8, 4) is 0 Å². The molecule has 0 aliphatic heterocycles. The topological polar surface area (TPSA) is 38.3 Å². The highest BCUT2D eigenvalue weighted by molar-refractivity contribution is 9.10. The van der Waals surface area contributed by atoms with Gasteiger partial charge in [-0.3, -0.25) is 0 Å². The van der Waals surface area contributed by atoms with Crippen molar-refractivity contribution in [2.45, 2.75) is 27.2 Å². The zero-order chi connectivity index (χ0) is 14.4. The summed E-state index contributed by atoms with van der Waals surface area (Å²) in [5, 5.41) is 3.29. The highest BCUT2D eigenvalue weighted by Crippen LogP contribution is 2.24. The molecular weight excluding hydrogens is 306 g/mol. The first-order valence-electron chi connectivity index (χ1n) is 6.27. The zero-order valence-corrected chi connectivity index (χ0v) is 13.4. The minimum atomic E-state index is -0.257. The lowest BCUT2D eigenvalue weighted by Crippen LogP contribution is -2.07. The molecule has 0 bridgehead atoms. The van der Waals surface area contributed by atoms with Gasteiger partial charge in [-0.05, 0) is 43.5 Å². The summed E-state index contributed by atoms with van der Waals surface area (Å²) in [6.07, 6.45) is 2.55. The fraction of sp³-hybridized carbons (Fsp3) is 0.400. The summed E-state index contributed by atoms with van der Waals surface area (Å²) in [5.41, 5.74) is 4.13. The van der Waals surface area contributed by atoms with Crippen LogP contribution < -0.4 is 5.32 Å². The molecule has 1 N–H and O–H groups in total. The van der Waals surface area contributed by atoms with Gasteiger partial charge in [0, 0.05) is 22.3 Å². The van der Waals surface area contributed by atoms with Crippen molar-refractivity contribution in [3.63, 3.8) is 0 Å². The van der Waals surface area contributed by atoms with Crippen LogP contribution in [-0.4, -0.2) is 19.6 Å². The maximum absolute atomic E-state index is 11.4. The molecule has 0 aliphatic rings. The number of hydrogen-bond acceptors (Lipinski definition) is 3. The zero-order valence-electron chi connectivity index (χ0n) is 11.8. The molecule has 0 heterocycles. The molecule has 0 amide bonds. The van der Waals surface area contributed by atoms with Gasteiger partial charge in [-0.15, -0.1) is 0 Å². The normalized spacial score (nSPS) is 11.3. The molecule has 0 saturated carbocycles. The van der Waals surface area contributed by atoms with Gasteiger partial charge in [-0.2, -0.15) is 0 Å². The molecule has 1 rings (SSSR count). The molecule has 0 saturated heterocycles. The smallest absolute Gasteiger partial charge is 0.333 e. The van der Waals surface area contributed by atoms with Gasteiger partial charge < -0.3 is 10.1 Å². The summed E-state index contributed by atoms with van der Waals surface area (Å²) >= 11 is 3.54. The SMILES string of the molecule is CC/C(=C/CNc1cc(C)c(Br)c(C)c1)C(=O)OC. The van der Waals surface area contributed by atoms with Crippen molar-refractivity contribution in [2.24, 2.45) is 0 Å². The summed E-state index contributed by atoms with van der Waals surface area (Å²) in [7, 11) is 1.40. The molecule has 3 nitrogen and oxygen atoms in total. The number of anilines is 1. The molecule has 4 heteroatoms. The number of rotatable bonds is 5. The second kappa shape index (κ2) is 7.34.